The monoisotopic (exact) mass is 237 g/mol. The second kappa shape index (κ2) is 5.03. The fraction of sp³-hybridized carbons (Fsp3) is 0.714. The van der Waals surface area contributed by atoms with E-state index in [0.29, 0.717) is 0 Å². The van der Waals surface area contributed by atoms with Gasteiger partial charge in [0.1, 0.15) is 5.54 Å². The minimum Gasteiger partial charge on any atom is -0.343 e. The quantitative estimate of drug-likeness (QED) is 0.721. The second-order valence-electron chi connectivity index (χ2n) is 5.56. The van der Waals surface area contributed by atoms with Crippen molar-refractivity contribution < 1.29 is 9.59 Å². The number of amides is 1. The van der Waals surface area contributed by atoms with Crippen molar-refractivity contribution in [1.82, 2.24) is 5.32 Å². The van der Waals surface area contributed by atoms with Crippen LogP contribution in [0.4, 0.5) is 0 Å². The van der Waals surface area contributed by atoms with Crippen LogP contribution < -0.4 is 5.32 Å². The average molecular weight is 237 g/mol. The highest BCUT2D eigenvalue weighted by atomic mass is 16.2. The number of hydrogen-bond donors (Lipinski definition) is 1. The number of ketones is 1. The summed E-state index contributed by atoms with van der Waals surface area (Å²) >= 11 is 0. The fourth-order valence-corrected chi connectivity index (χ4v) is 2.21. The number of Topliss-reactive ketones (excluding diaryl/α,β-unsaturated/α-hetero) is 1. The van der Waals surface area contributed by atoms with Gasteiger partial charge in [0.2, 0.25) is 5.91 Å². The lowest BCUT2D eigenvalue weighted by atomic mass is 9.96. The Morgan fingerprint density at radius 1 is 1.35 bits per heavy atom. The molecular formula is C14H23NO2. The van der Waals surface area contributed by atoms with Gasteiger partial charge >= 0.3 is 0 Å². The Morgan fingerprint density at radius 2 is 1.94 bits per heavy atom. The molecular weight excluding hydrogens is 214 g/mol. The van der Waals surface area contributed by atoms with Crippen LogP contribution in [-0.2, 0) is 9.59 Å². The van der Waals surface area contributed by atoms with Gasteiger partial charge in [-0.25, -0.2) is 0 Å². The summed E-state index contributed by atoms with van der Waals surface area (Å²) in [4.78, 5) is 24.0. The zero-order chi connectivity index (χ0) is 13.2. The summed E-state index contributed by atoms with van der Waals surface area (Å²) in [6, 6.07) is 0. The van der Waals surface area contributed by atoms with E-state index in [4.69, 9.17) is 0 Å². The molecule has 0 aromatic heterocycles. The Morgan fingerprint density at radius 3 is 2.35 bits per heavy atom. The Kier molecular flexibility index (Phi) is 4.12. The third kappa shape index (κ3) is 2.76. The van der Waals surface area contributed by atoms with Crippen molar-refractivity contribution in [3.05, 3.63) is 12.7 Å². The van der Waals surface area contributed by atoms with Gasteiger partial charge in [0.25, 0.3) is 0 Å². The Labute approximate surface area is 104 Å². The van der Waals surface area contributed by atoms with Crippen LogP contribution in [0.25, 0.3) is 0 Å². The Balaban J connectivity index is 2.80. The smallest absolute Gasteiger partial charge is 0.223 e. The summed E-state index contributed by atoms with van der Waals surface area (Å²) in [5.74, 6) is 0.218. The molecule has 1 saturated carbocycles. The maximum absolute atomic E-state index is 12.2. The van der Waals surface area contributed by atoms with E-state index in [1.165, 1.54) is 0 Å². The van der Waals surface area contributed by atoms with Crippen LogP contribution in [-0.4, -0.2) is 17.2 Å². The molecule has 1 amide bonds. The summed E-state index contributed by atoms with van der Waals surface area (Å²) in [5.41, 5.74) is -0.607. The molecule has 0 bridgehead atoms. The van der Waals surface area contributed by atoms with E-state index in [2.05, 4.69) is 11.9 Å². The zero-order valence-corrected chi connectivity index (χ0v) is 11.2. The maximum atomic E-state index is 12.2. The molecule has 3 heteroatoms. The first-order valence-corrected chi connectivity index (χ1v) is 6.32. The van der Waals surface area contributed by atoms with E-state index in [0.717, 1.165) is 12.8 Å². The highest BCUT2D eigenvalue weighted by Gasteiger charge is 2.60. The summed E-state index contributed by atoms with van der Waals surface area (Å²) in [7, 11) is 0. The van der Waals surface area contributed by atoms with E-state index in [1.807, 2.05) is 33.8 Å². The number of hydrogen-bond acceptors (Lipinski definition) is 2. The molecule has 1 N–H and O–H groups in total. The molecule has 2 unspecified atom stereocenters. The van der Waals surface area contributed by atoms with E-state index in [9.17, 15) is 9.59 Å². The van der Waals surface area contributed by atoms with Gasteiger partial charge in [-0.1, -0.05) is 33.8 Å². The molecule has 0 aromatic rings. The Hall–Kier alpha value is -1.12. The topological polar surface area (TPSA) is 46.2 Å². The maximum Gasteiger partial charge on any atom is 0.223 e. The van der Waals surface area contributed by atoms with Gasteiger partial charge in [-0.15, -0.1) is 6.58 Å². The van der Waals surface area contributed by atoms with Crippen LogP contribution in [0.1, 0.15) is 40.5 Å². The van der Waals surface area contributed by atoms with Gasteiger partial charge in [0.15, 0.2) is 5.78 Å². The minimum absolute atomic E-state index is 0.0365. The van der Waals surface area contributed by atoms with E-state index >= 15 is 0 Å². The van der Waals surface area contributed by atoms with Crippen LogP contribution >= 0.6 is 0 Å². The summed E-state index contributed by atoms with van der Waals surface area (Å²) in [6.07, 6.45) is 3.37. The highest BCUT2D eigenvalue weighted by molar-refractivity contribution is 5.97. The third-order valence-corrected chi connectivity index (χ3v) is 3.39. The molecule has 1 fully saturated rings. The molecule has 0 aromatic carbocycles. The lowest BCUT2D eigenvalue weighted by molar-refractivity contribution is -0.132. The number of carbonyl (C=O) groups excluding carboxylic acids is 2. The van der Waals surface area contributed by atoms with Gasteiger partial charge in [0, 0.05) is 11.8 Å². The second-order valence-corrected chi connectivity index (χ2v) is 5.56. The van der Waals surface area contributed by atoms with Gasteiger partial charge in [-0.2, -0.15) is 0 Å². The molecule has 0 aliphatic heterocycles. The number of rotatable bonds is 6. The first kappa shape index (κ1) is 13.9. The van der Waals surface area contributed by atoms with Crippen molar-refractivity contribution in [3.8, 4) is 0 Å². The molecule has 3 nitrogen and oxygen atoms in total. The fourth-order valence-electron chi connectivity index (χ4n) is 2.21. The molecule has 17 heavy (non-hydrogen) atoms. The van der Waals surface area contributed by atoms with Crippen molar-refractivity contribution in [1.29, 1.82) is 0 Å². The molecule has 2 atom stereocenters. The van der Waals surface area contributed by atoms with Crippen molar-refractivity contribution in [2.75, 3.05) is 0 Å². The summed E-state index contributed by atoms with van der Waals surface area (Å²) in [6.45, 7) is 11.2. The minimum atomic E-state index is -0.607. The van der Waals surface area contributed by atoms with Crippen molar-refractivity contribution in [2.45, 2.75) is 46.1 Å². The Bertz CT molecular complexity index is 333. The zero-order valence-electron chi connectivity index (χ0n) is 11.2. The van der Waals surface area contributed by atoms with Crippen LogP contribution in [0.15, 0.2) is 12.7 Å². The van der Waals surface area contributed by atoms with Crippen LogP contribution in [0, 0.1) is 17.8 Å². The van der Waals surface area contributed by atoms with E-state index in [-0.39, 0.29) is 29.4 Å². The number of nitrogens with one attached hydrogen (secondary N) is 1. The van der Waals surface area contributed by atoms with E-state index < -0.39 is 5.54 Å². The first-order chi connectivity index (χ1) is 7.85. The number of allylic oxidation sites excluding steroid dienone is 1. The average Bonchev–Trinajstić information content (AvgIpc) is 2.91. The lowest BCUT2D eigenvalue weighted by Crippen LogP contribution is -2.48. The molecule has 1 rings (SSSR count). The molecule has 0 radical (unpaired) electrons. The predicted molar refractivity (Wildman–Crippen MR) is 68.5 cm³/mol. The van der Waals surface area contributed by atoms with Crippen molar-refractivity contribution >= 4 is 11.7 Å². The molecule has 1 aliphatic rings. The van der Waals surface area contributed by atoms with Crippen LogP contribution in [0.3, 0.4) is 0 Å². The summed E-state index contributed by atoms with van der Waals surface area (Å²) in [5, 5.41) is 2.95. The van der Waals surface area contributed by atoms with Gasteiger partial charge in [0.05, 0.1) is 0 Å². The van der Waals surface area contributed by atoms with Crippen LogP contribution in [0.5, 0.6) is 0 Å². The third-order valence-electron chi connectivity index (χ3n) is 3.39. The standard InChI is InChI=1S/C14H23NO2/c1-6-7-11-8-14(11,12(16)9(2)3)15-13(17)10(4)5/h6,9-11H,1,7-8H2,2-5H3,(H,15,17). The van der Waals surface area contributed by atoms with E-state index in [1.54, 1.807) is 0 Å². The molecule has 0 saturated heterocycles. The molecule has 1 aliphatic carbocycles. The SMILES string of the molecule is C=CCC1CC1(NC(=O)C(C)C)C(=O)C(C)C. The van der Waals surface area contributed by atoms with Gasteiger partial charge in [-0.3, -0.25) is 9.59 Å². The normalized spacial score (nSPS) is 27.1. The predicted octanol–water partition coefficient (Wildman–Crippen LogP) is 2.32. The molecule has 0 spiro atoms. The lowest BCUT2D eigenvalue weighted by Gasteiger charge is -2.21. The highest BCUT2D eigenvalue weighted by Crippen LogP contribution is 2.48. The summed E-state index contributed by atoms with van der Waals surface area (Å²) < 4.78 is 0. The van der Waals surface area contributed by atoms with Crippen molar-refractivity contribution in [3.63, 3.8) is 0 Å². The molecule has 0 heterocycles. The van der Waals surface area contributed by atoms with Gasteiger partial charge in [-0.05, 0) is 18.8 Å². The molecule has 96 valence electrons. The van der Waals surface area contributed by atoms with Crippen LogP contribution in [0.2, 0.25) is 0 Å². The number of carbonyl (C=O) groups is 2. The van der Waals surface area contributed by atoms with Gasteiger partial charge < -0.3 is 5.32 Å². The largest absolute Gasteiger partial charge is 0.343 e. The first-order valence-electron chi connectivity index (χ1n) is 6.32. The van der Waals surface area contributed by atoms with Crippen molar-refractivity contribution in [2.24, 2.45) is 17.8 Å².